The number of aromatic nitrogens is 1. The van der Waals surface area contributed by atoms with E-state index >= 15 is 0 Å². The highest BCUT2D eigenvalue weighted by Crippen LogP contribution is 2.32. The second-order valence-corrected chi connectivity index (χ2v) is 18.0. The third-order valence-electron chi connectivity index (χ3n) is 11.1. The van der Waals surface area contributed by atoms with Crippen molar-refractivity contribution >= 4 is 47.0 Å². The Morgan fingerprint density at radius 2 is 1.68 bits per heavy atom. The average Bonchev–Trinajstić information content (AvgIpc) is 3.66. The maximum absolute atomic E-state index is 14.8. The number of carboxylic acid groups (broad SMARTS) is 1. The van der Waals surface area contributed by atoms with Crippen molar-refractivity contribution in [1.82, 2.24) is 20.5 Å². The molecule has 1 aliphatic heterocycles. The fourth-order valence-electron chi connectivity index (χ4n) is 7.35. The molecule has 16 nitrogen and oxygen atoms in total. The number of esters is 2. The number of hydrogen-bond acceptors (Lipinski definition) is 12. The number of carbonyl (C=O) groups is 6. The summed E-state index contributed by atoms with van der Waals surface area (Å²) < 4.78 is 10.8. The number of ether oxygens (including phenoxy) is 2. The summed E-state index contributed by atoms with van der Waals surface area (Å²) in [6.07, 6.45) is 1.74. The molecule has 8 unspecified atom stereocenters. The highest BCUT2D eigenvalue weighted by molar-refractivity contribution is 7.09. The van der Waals surface area contributed by atoms with Crippen LogP contribution in [0.4, 0.5) is 0 Å². The molecule has 0 spiro atoms. The third kappa shape index (κ3) is 14.8. The molecule has 1 aromatic carbocycles. The molecule has 0 saturated carbocycles. The van der Waals surface area contributed by atoms with Gasteiger partial charge in [-0.05, 0) is 61.1 Å². The molecule has 3 rings (SSSR count). The van der Waals surface area contributed by atoms with Gasteiger partial charge in [0, 0.05) is 43.6 Å². The Labute approximate surface area is 357 Å². The number of aliphatic carboxylic acids is 1. The van der Waals surface area contributed by atoms with Crippen LogP contribution in [0.5, 0.6) is 5.75 Å². The molecule has 2 aromatic rings. The minimum Gasteiger partial charge on any atom is -0.632 e. The number of hydroxylamine groups is 3. The molecule has 8 atom stereocenters. The molecule has 60 heavy (non-hydrogen) atoms. The van der Waals surface area contributed by atoms with E-state index in [2.05, 4.69) is 15.6 Å². The van der Waals surface area contributed by atoms with Crippen molar-refractivity contribution in [1.29, 1.82) is 0 Å². The van der Waals surface area contributed by atoms with Gasteiger partial charge < -0.3 is 45.1 Å². The third-order valence-corrected chi connectivity index (χ3v) is 12.0. The number of hydrogen-bond donors (Lipinski definition) is 4. The fourth-order valence-corrected chi connectivity index (χ4v) is 8.19. The Hall–Kier alpha value is -4.61. The average molecular weight is 860 g/mol. The Morgan fingerprint density at radius 3 is 2.25 bits per heavy atom. The standard InChI is InChI=1S/C43H65N5O11S/c1-10-27(6)38(46-40(53)35-13-11-12-18-48(35,9)57)42(54)47(24-58-37(51)19-25(2)3)34(26(4)5)22-36(59-29(8)49)41-45-33(23-60-41)39(52)44-31(20-28(7)43(55)56)21-30-14-16-32(50)17-15-30/h14-17,23,25-28,31,34-36,38,50H,10-13,18-22,24H2,1-9H3,(H,44,52)(H,46,53)(H,55,56). The molecule has 0 aliphatic carbocycles. The van der Waals surface area contributed by atoms with E-state index in [4.69, 9.17) is 9.47 Å². The Bertz CT molecular complexity index is 1770. The number of nitrogens with one attached hydrogen (secondary N) is 2. The lowest BCUT2D eigenvalue weighted by Gasteiger charge is -2.47. The summed E-state index contributed by atoms with van der Waals surface area (Å²) >= 11 is 1.07. The molecule has 4 N–H and O–H groups in total. The summed E-state index contributed by atoms with van der Waals surface area (Å²) in [5, 5.41) is 40.2. The molecule has 1 fully saturated rings. The van der Waals surface area contributed by atoms with Crippen LogP contribution >= 0.6 is 11.3 Å². The first-order chi connectivity index (χ1) is 28.1. The van der Waals surface area contributed by atoms with Gasteiger partial charge in [-0.2, -0.15) is 0 Å². The van der Waals surface area contributed by atoms with Crippen LogP contribution in [0.2, 0.25) is 0 Å². The van der Waals surface area contributed by atoms with Gasteiger partial charge in [0.2, 0.25) is 5.91 Å². The minimum absolute atomic E-state index is 0.00789. The Morgan fingerprint density at radius 1 is 1.02 bits per heavy atom. The number of phenolic OH excluding ortho intramolecular Hbond substituents is 1. The minimum atomic E-state index is -1.07. The SMILES string of the molecule is CCC(C)C(NC(=O)C1CCCC[N+]1(C)[O-])C(=O)N(COC(=O)CC(C)C)C(CC(OC(C)=O)c1nc(C(=O)NC(Cc2ccc(O)cc2)CC(C)C(=O)O)cs1)C(C)C. The summed E-state index contributed by atoms with van der Waals surface area (Å²) in [5.74, 6) is -5.22. The lowest BCUT2D eigenvalue weighted by atomic mass is 9.92. The molecule has 3 amide bonds. The number of likely N-dealkylation sites (tertiary alicyclic amines) is 1. The van der Waals surface area contributed by atoms with Gasteiger partial charge in [-0.3, -0.25) is 28.8 Å². The molecule has 1 aliphatic rings. The van der Waals surface area contributed by atoms with E-state index < -0.39 is 83.2 Å². The number of aromatic hydroxyl groups is 1. The van der Waals surface area contributed by atoms with Gasteiger partial charge in [-0.1, -0.05) is 67.0 Å². The molecule has 1 aromatic heterocycles. The first-order valence-electron chi connectivity index (χ1n) is 20.9. The van der Waals surface area contributed by atoms with Crippen molar-refractivity contribution in [2.45, 2.75) is 137 Å². The molecule has 334 valence electrons. The summed E-state index contributed by atoms with van der Waals surface area (Å²) in [5.41, 5.74) is 0.777. The van der Waals surface area contributed by atoms with Gasteiger partial charge in [0.25, 0.3) is 11.8 Å². The van der Waals surface area contributed by atoms with Crippen LogP contribution in [0.25, 0.3) is 0 Å². The maximum Gasteiger partial charge on any atom is 0.307 e. The highest BCUT2D eigenvalue weighted by atomic mass is 32.1. The lowest BCUT2D eigenvalue weighted by Crippen LogP contribution is -2.62. The van der Waals surface area contributed by atoms with E-state index in [0.29, 0.717) is 25.7 Å². The van der Waals surface area contributed by atoms with E-state index in [9.17, 15) is 44.2 Å². The van der Waals surface area contributed by atoms with E-state index in [0.717, 1.165) is 16.9 Å². The summed E-state index contributed by atoms with van der Waals surface area (Å²) in [7, 11) is 1.47. The monoisotopic (exact) mass is 859 g/mol. The highest BCUT2D eigenvalue weighted by Gasteiger charge is 2.41. The second kappa shape index (κ2) is 22.8. The van der Waals surface area contributed by atoms with Crippen molar-refractivity contribution in [3.05, 3.63) is 51.1 Å². The number of carboxylic acids is 1. The van der Waals surface area contributed by atoms with Crippen LogP contribution < -0.4 is 10.6 Å². The number of nitrogens with zero attached hydrogens (tertiary/aromatic N) is 3. The van der Waals surface area contributed by atoms with Gasteiger partial charge >= 0.3 is 17.9 Å². The number of carbonyl (C=O) groups excluding carboxylic acids is 5. The van der Waals surface area contributed by atoms with Crippen LogP contribution in [0, 0.1) is 28.9 Å². The van der Waals surface area contributed by atoms with Crippen molar-refractivity contribution in [2.75, 3.05) is 20.3 Å². The number of amides is 3. The van der Waals surface area contributed by atoms with Crippen LogP contribution in [-0.2, 0) is 39.9 Å². The largest absolute Gasteiger partial charge is 0.632 e. The van der Waals surface area contributed by atoms with Gasteiger partial charge in [0.05, 0.1) is 19.5 Å². The number of quaternary nitrogens is 1. The van der Waals surface area contributed by atoms with Crippen LogP contribution in [-0.4, -0.2) is 105 Å². The van der Waals surface area contributed by atoms with Crippen molar-refractivity contribution in [3.63, 3.8) is 0 Å². The number of piperidine rings is 1. The molecule has 0 radical (unpaired) electrons. The predicted molar refractivity (Wildman–Crippen MR) is 225 cm³/mol. The summed E-state index contributed by atoms with van der Waals surface area (Å²) in [6, 6.07) is 3.07. The first-order valence-corrected chi connectivity index (χ1v) is 21.8. The second-order valence-electron chi connectivity index (χ2n) is 17.1. The zero-order chi connectivity index (χ0) is 44.9. The summed E-state index contributed by atoms with van der Waals surface area (Å²) in [4.78, 5) is 85.4. The number of phenols is 1. The van der Waals surface area contributed by atoms with E-state index in [-0.39, 0.29) is 66.4 Å². The zero-order valence-corrected chi connectivity index (χ0v) is 37.3. The number of thiazole rings is 1. The first kappa shape index (κ1) is 49.8. The molecule has 2 heterocycles. The Kier molecular flexibility index (Phi) is 18.9. The fraction of sp³-hybridized carbons (Fsp3) is 0.651. The number of rotatable bonds is 22. The topological polar surface area (TPSA) is 225 Å². The summed E-state index contributed by atoms with van der Waals surface area (Å²) in [6.45, 7) is 13.8. The Balaban J connectivity index is 1.98. The van der Waals surface area contributed by atoms with Crippen LogP contribution in [0.1, 0.15) is 127 Å². The van der Waals surface area contributed by atoms with Crippen LogP contribution in [0.15, 0.2) is 29.6 Å². The molecular formula is C43H65N5O11S. The predicted octanol–water partition coefficient (Wildman–Crippen LogP) is 5.72. The molecule has 17 heteroatoms. The number of likely N-dealkylation sites (N-methyl/N-ethyl adjacent to an activating group) is 1. The van der Waals surface area contributed by atoms with Gasteiger partial charge in [0.15, 0.2) is 18.9 Å². The van der Waals surface area contributed by atoms with E-state index in [1.807, 2.05) is 41.5 Å². The maximum atomic E-state index is 14.8. The van der Waals surface area contributed by atoms with E-state index in [1.54, 1.807) is 19.1 Å². The van der Waals surface area contributed by atoms with E-state index in [1.165, 1.54) is 36.4 Å². The van der Waals surface area contributed by atoms with Gasteiger partial charge in [-0.15, -0.1) is 11.3 Å². The molecule has 1 saturated heterocycles. The smallest absolute Gasteiger partial charge is 0.307 e. The van der Waals surface area contributed by atoms with Crippen molar-refractivity contribution in [3.8, 4) is 5.75 Å². The normalized spacial score (nSPS) is 19.6. The quantitative estimate of drug-likeness (QED) is 0.0483. The van der Waals surface area contributed by atoms with Crippen LogP contribution in [0.3, 0.4) is 0 Å². The zero-order valence-electron chi connectivity index (χ0n) is 36.5. The lowest BCUT2D eigenvalue weighted by molar-refractivity contribution is -0.882. The molecule has 0 bridgehead atoms. The van der Waals surface area contributed by atoms with Gasteiger partial charge in [0.1, 0.15) is 22.5 Å². The van der Waals surface area contributed by atoms with Crippen molar-refractivity contribution in [2.24, 2.45) is 23.7 Å². The van der Waals surface area contributed by atoms with Gasteiger partial charge in [-0.25, -0.2) is 4.98 Å². The number of benzene rings is 1. The molecular weight excluding hydrogens is 795 g/mol. The van der Waals surface area contributed by atoms with Crippen molar-refractivity contribution < 1.29 is 53.1 Å².